The molecule has 0 unspecified atom stereocenters. The maximum absolute atomic E-state index is 15.0. The van der Waals surface area contributed by atoms with Gasteiger partial charge in [0.2, 0.25) is 0 Å². The van der Waals surface area contributed by atoms with Crippen LogP contribution in [0, 0.1) is 23.5 Å². The Balaban J connectivity index is 1.36. The van der Waals surface area contributed by atoms with Crippen LogP contribution in [0.1, 0.15) is 58.8 Å². The number of rotatable bonds is 10. The summed E-state index contributed by atoms with van der Waals surface area (Å²) in [6, 6.07) is 1.28. The van der Waals surface area contributed by atoms with Crippen molar-refractivity contribution in [2.24, 2.45) is 18.9 Å². The molecule has 1 heterocycles. The number of hydrogen-bond donors (Lipinski definition) is 0. The first-order chi connectivity index (χ1) is 15.3. The zero-order valence-corrected chi connectivity index (χ0v) is 19.0. The number of imidazole rings is 1. The molecule has 1 aromatic heterocycles. The van der Waals surface area contributed by atoms with Gasteiger partial charge in [0.05, 0.1) is 12.7 Å². The third-order valence-corrected chi connectivity index (χ3v) is 6.28. The number of Topliss-reactive ketones (excluding diaryl/α,β-unsaturated/α-hetero) is 1. The zero-order valence-electron chi connectivity index (χ0n) is 19.0. The maximum atomic E-state index is 15.0. The van der Waals surface area contributed by atoms with E-state index in [0.717, 1.165) is 44.6 Å². The van der Waals surface area contributed by atoms with Crippen molar-refractivity contribution in [1.29, 1.82) is 0 Å². The number of benzene rings is 1. The van der Waals surface area contributed by atoms with Crippen LogP contribution in [-0.4, -0.2) is 40.8 Å². The van der Waals surface area contributed by atoms with E-state index in [9.17, 15) is 9.18 Å². The number of fused-ring (bicyclic) bond motifs is 1. The number of halogens is 2. The van der Waals surface area contributed by atoms with E-state index < -0.39 is 11.6 Å². The average molecular weight is 451 g/mol. The molecule has 0 saturated heterocycles. The SMILES string of the molecule is CC(=O)C[C@@H](C)COC1CCC(Oc2nc3c(F)cc(OCC4CC4)c(F)c3n2C)CC1. The Kier molecular flexibility index (Phi) is 6.98. The van der Waals surface area contributed by atoms with E-state index in [-0.39, 0.29) is 46.7 Å². The van der Waals surface area contributed by atoms with Crippen LogP contribution in [0.25, 0.3) is 11.0 Å². The third kappa shape index (κ3) is 5.39. The van der Waals surface area contributed by atoms with Crippen LogP contribution in [0.5, 0.6) is 11.8 Å². The van der Waals surface area contributed by atoms with E-state index >= 15 is 4.39 Å². The van der Waals surface area contributed by atoms with Crippen molar-refractivity contribution < 1.29 is 27.8 Å². The zero-order chi connectivity index (χ0) is 22.8. The van der Waals surface area contributed by atoms with Gasteiger partial charge in [-0.15, -0.1) is 0 Å². The largest absolute Gasteiger partial charge is 0.490 e. The van der Waals surface area contributed by atoms with Crippen LogP contribution in [0.3, 0.4) is 0 Å². The van der Waals surface area contributed by atoms with E-state index in [1.165, 1.54) is 4.57 Å². The molecule has 4 rings (SSSR count). The highest BCUT2D eigenvalue weighted by Crippen LogP contribution is 2.35. The van der Waals surface area contributed by atoms with Gasteiger partial charge in [0.15, 0.2) is 17.4 Å². The Morgan fingerprint density at radius 3 is 2.53 bits per heavy atom. The van der Waals surface area contributed by atoms with E-state index in [4.69, 9.17) is 14.2 Å². The first-order valence-corrected chi connectivity index (χ1v) is 11.6. The molecule has 0 aliphatic heterocycles. The van der Waals surface area contributed by atoms with Crippen molar-refractivity contribution in [3.63, 3.8) is 0 Å². The number of ether oxygens (including phenoxy) is 3. The molecule has 2 aliphatic rings. The minimum absolute atomic E-state index is 0.0461. The smallest absolute Gasteiger partial charge is 0.297 e. The lowest BCUT2D eigenvalue weighted by molar-refractivity contribution is -0.118. The predicted molar refractivity (Wildman–Crippen MR) is 116 cm³/mol. The fourth-order valence-corrected chi connectivity index (χ4v) is 4.28. The summed E-state index contributed by atoms with van der Waals surface area (Å²) in [5.41, 5.74) is 0.0116. The Morgan fingerprint density at radius 2 is 1.88 bits per heavy atom. The summed E-state index contributed by atoms with van der Waals surface area (Å²) < 4.78 is 48.6. The minimum atomic E-state index is -0.616. The fourth-order valence-electron chi connectivity index (χ4n) is 4.28. The molecule has 2 aromatic rings. The van der Waals surface area contributed by atoms with E-state index in [2.05, 4.69) is 4.98 Å². The van der Waals surface area contributed by atoms with E-state index in [1.54, 1.807) is 14.0 Å². The standard InChI is InChI=1S/C24H32F2N2O4/c1-14(10-15(2)29)12-30-17-6-8-18(9-7-17)32-24-27-22-19(25)11-20(31-13-16-4-5-16)21(26)23(22)28(24)3/h11,14,16-18H,4-10,12-13H2,1-3H3/t14-,17?,18?/m1/s1. The monoisotopic (exact) mass is 450 g/mol. The summed E-state index contributed by atoms with van der Waals surface area (Å²) in [5.74, 6) is -0.471. The normalized spacial score (nSPS) is 22.2. The van der Waals surface area contributed by atoms with Crippen LogP contribution in [0.15, 0.2) is 6.07 Å². The summed E-state index contributed by atoms with van der Waals surface area (Å²) in [4.78, 5) is 15.4. The van der Waals surface area contributed by atoms with E-state index in [1.807, 2.05) is 6.92 Å². The quantitative estimate of drug-likeness (QED) is 0.512. The Morgan fingerprint density at radius 1 is 1.19 bits per heavy atom. The average Bonchev–Trinajstić information content (AvgIpc) is 3.52. The molecule has 0 radical (unpaired) electrons. The van der Waals surface area contributed by atoms with Gasteiger partial charge in [-0.1, -0.05) is 6.92 Å². The highest BCUT2D eigenvalue weighted by atomic mass is 19.1. The maximum Gasteiger partial charge on any atom is 0.297 e. The summed E-state index contributed by atoms with van der Waals surface area (Å²) in [5, 5.41) is 0. The Labute approximate surface area is 187 Å². The fraction of sp³-hybridized carbons (Fsp3) is 0.667. The van der Waals surface area contributed by atoms with Gasteiger partial charge >= 0.3 is 0 Å². The summed E-state index contributed by atoms with van der Waals surface area (Å²) in [6.45, 7) is 4.59. The first kappa shape index (κ1) is 23.0. The Bertz CT molecular complexity index is 965. The van der Waals surface area contributed by atoms with Crippen molar-refractivity contribution in [2.75, 3.05) is 13.2 Å². The number of carbonyl (C=O) groups is 1. The second-order valence-corrected chi connectivity index (χ2v) is 9.44. The molecule has 0 amide bonds. The van der Waals surface area contributed by atoms with Crippen LogP contribution in [0.2, 0.25) is 0 Å². The molecule has 1 aromatic carbocycles. The van der Waals surface area contributed by atoms with Gasteiger partial charge in [-0.05, 0) is 57.3 Å². The van der Waals surface area contributed by atoms with Crippen molar-refractivity contribution in [3.8, 4) is 11.8 Å². The number of aryl methyl sites for hydroxylation is 1. The minimum Gasteiger partial charge on any atom is -0.490 e. The van der Waals surface area contributed by atoms with Crippen LogP contribution in [-0.2, 0) is 16.6 Å². The molecule has 2 fully saturated rings. The van der Waals surface area contributed by atoms with Crippen molar-refractivity contribution >= 4 is 16.8 Å². The molecule has 2 saturated carbocycles. The lowest BCUT2D eigenvalue weighted by Crippen LogP contribution is -2.30. The molecule has 0 spiro atoms. The Hall–Kier alpha value is -2.22. The number of ketones is 1. The summed E-state index contributed by atoms with van der Waals surface area (Å²) >= 11 is 0. The van der Waals surface area contributed by atoms with Gasteiger partial charge in [-0.3, -0.25) is 4.57 Å². The van der Waals surface area contributed by atoms with Gasteiger partial charge in [-0.25, -0.2) is 8.78 Å². The first-order valence-electron chi connectivity index (χ1n) is 11.6. The highest BCUT2D eigenvalue weighted by Gasteiger charge is 2.28. The molecule has 0 bridgehead atoms. The topological polar surface area (TPSA) is 62.6 Å². The summed E-state index contributed by atoms with van der Waals surface area (Å²) in [6.07, 6.45) is 5.95. The van der Waals surface area contributed by atoms with Crippen molar-refractivity contribution in [1.82, 2.24) is 9.55 Å². The van der Waals surface area contributed by atoms with Gasteiger partial charge < -0.3 is 19.0 Å². The number of nitrogens with zero attached hydrogens (tertiary/aromatic N) is 2. The summed E-state index contributed by atoms with van der Waals surface area (Å²) in [7, 11) is 1.63. The highest BCUT2D eigenvalue weighted by molar-refractivity contribution is 5.80. The van der Waals surface area contributed by atoms with Crippen molar-refractivity contribution in [2.45, 2.75) is 71.0 Å². The third-order valence-electron chi connectivity index (χ3n) is 6.28. The number of hydrogen-bond acceptors (Lipinski definition) is 5. The lowest BCUT2D eigenvalue weighted by Gasteiger charge is -2.29. The molecule has 2 aliphatic carbocycles. The van der Waals surface area contributed by atoms with Crippen LogP contribution < -0.4 is 9.47 Å². The second kappa shape index (κ2) is 9.73. The lowest BCUT2D eigenvalue weighted by atomic mass is 9.95. The molecule has 6 nitrogen and oxygen atoms in total. The molecule has 0 N–H and O–H groups in total. The predicted octanol–water partition coefficient (Wildman–Crippen LogP) is 4.96. The van der Waals surface area contributed by atoms with E-state index in [0.29, 0.717) is 25.6 Å². The molecule has 176 valence electrons. The van der Waals surface area contributed by atoms with Gasteiger partial charge in [0.25, 0.3) is 6.01 Å². The van der Waals surface area contributed by atoms with Gasteiger partial charge in [-0.2, -0.15) is 4.98 Å². The molecular formula is C24H32F2N2O4. The molecule has 8 heteroatoms. The second-order valence-electron chi connectivity index (χ2n) is 9.44. The number of aromatic nitrogens is 2. The van der Waals surface area contributed by atoms with Gasteiger partial charge in [0, 0.05) is 26.1 Å². The van der Waals surface area contributed by atoms with Crippen LogP contribution in [0.4, 0.5) is 8.78 Å². The molecular weight excluding hydrogens is 418 g/mol. The van der Waals surface area contributed by atoms with Crippen molar-refractivity contribution in [3.05, 3.63) is 17.7 Å². The van der Waals surface area contributed by atoms with Gasteiger partial charge in [0.1, 0.15) is 22.9 Å². The molecule has 32 heavy (non-hydrogen) atoms. The molecule has 1 atom stereocenters. The number of carbonyl (C=O) groups excluding carboxylic acids is 1. The van der Waals surface area contributed by atoms with Crippen LogP contribution >= 0.6 is 0 Å².